The van der Waals surface area contributed by atoms with Crippen LogP contribution in [0.3, 0.4) is 0 Å². The molecule has 0 aliphatic carbocycles. The molecule has 0 atom stereocenters. The van der Waals surface area contributed by atoms with Gasteiger partial charge in [-0.3, -0.25) is 5.10 Å². The third-order valence-corrected chi connectivity index (χ3v) is 5.00. The van der Waals surface area contributed by atoms with Crippen molar-refractivity contribution in [2.24, 2.45) is 0 Å². The molecule has 0 radical (unpaired) electrons. The topological polar surface area (TPSA) is 75.0 Å². The fraction of sp³-hybridized carbons (Fsp3) is 0.294. The van der Waals surface area contributed by atoms with Crippen molar-refractivity contribution in [1.29, 1.82) is 0 Å². The molecule has 0 fully saturated rings. The lowest BCUT2D eigenvalue weighted by atomic mass is 10.1. The van der Waals surface area contributed by atoms with Gasteiger partial charge in [0.25, 0.3) is 0 Å². The van der Waals surface area contributed by atoms with Crippen molar-refractivity contribution in [2.75, 3.05) is 19.0 Å². The SMILES string of the molecule is CC(C)c1cc(-c2nnc3sc(-c4cccc(N(C)C)c4)nn23)n[nH]1. The molecule has 0 saturated carbocycles. The first-order valence-electron chi connectivity index (χ1n) is 8.08. The number of aromatic amines is 1. The van der Waals surface area contributed by atoms with E-state index in [0.717, 1.165) is 32.6 Å². The maximum Gasteiger partial charge on any atom is 0.235 e. The molecule has 3 heterocycles. The Morgan fingerprint density at radius 1 is 1.16 bits per heavy atom. The van der Waals surface area contributed by atoms with Crippen LogP contribution in [0.5, 0.6) is 0 Å². The number of hydrogen-bond donors (Lipinski definition) is 1. The smallest absolute Gasteiger partial charge is 0.235 e. The van der Waals surface area contributed by atoms with E-state index in [2.05, 4.69) is 57.3 Å². The van der Waals surface area contributed by atoms with Gasteiger partial charge in [-0.1, -0.05) is 37.3 Å². The molecule has 8 heteroatoms. The summed E-state index contributed by atoms with van der Waals surface area (Å²) in [7, 11) is 4.05. The summed E-state index contributed by atoms with van der Waals surface area (Å²) in [5, 5.41) is 21.5. The summed E-state index contributed by atoms with van der Waals surface area (Å²) < 4.78 is 1.77. The van der Waals surface area contributed by atoms with Gasteiger partial charge < -0.3 is 4.90 Å². The molecule has 3 aromatic heterocycles. The summed E-state index contributed by atoms with van der Waals surface area (Å²) >= 11 is 1.52. The Morgan fingerprint density at radius 2 is 2.00 bits per heavy atom. The average molecular weight is 353 g/mol. The van der Waals surface area contributed by atoms with Crippen LogP contribution in [0.2, 0.25) is 0 Å². The number of hydrogen-bond acceptors (Lipinski definition) is 6. The van der Waals surface area contributed by atoms with E-state index in [9.17, 15) is 0 Å². The highest BCUT2D eigenvalue weighted by atomic mass is 32.1. The molecule has 0 aliphatic heterocycles. The molecule has 0 amide bonds. The molecule has 0 spiro atoms. The second kappa shape index (κ2) is 5.96. The van der Waals surface area contributed by atoms with E-state index in [4.69, 9.17) is 5.10 Å². The number of anilines is 1. The lowest BCUT2D eigenvalue weighted by Crippen LogP contribution is -2.08. The zero-order valence-corrected chi connectivity index (χ0v) is 15.4. The number of fused-ring (bicyclic) bond motifs is 1. The normalized spacial score (nSPS) is 11.6. The highest BCUT2D eigenvalue weighted by molar-refractivity contribution is 7.19. The summed E-state index contributed by atoms with van der Waals surface area (Å²) in [5.41, 5.74) is 4.03. The first-order valence-corrected chi connectivity index (χ1v) is 8.90. The van der Waals surface area contributed by atoms with Crippen molar-refractivity contribution in [3.05, 3.63) is 36.0 Å². The summed E-state index contributed by atoms with van der Waals surface area (Å²) in [5.74, 6) is 1.04. The minimum absolute atomic E-state index is 0.379. The van der Waals surface area contributed by atoms with Crippen LogP contribution in [-0.4, -0.2) is 44.1 Å². The Hall–Kier alpha value is -2.74. The van der Waals surface area contributed by atoms with Gasteiger partial charge in [0.05, 0.1) is 0 Å². The second-order valence-corrected chi connectivity index (χ2v) is 7.39. The van der Waals surface area contributed by atoms with Crippen LogP contribution in [0.1, 0.15) is 25.5 Å². The highest BCUT2D eigenvalue weighted by Crippen LogP contribution is 2.30. The van der Waals surface area contributed by atoms with Gasteiger partial charge >= 0.3 is 0 Å². The zero-order valence-electron chi connectivity index (χ0n) is 14.6. The number of nitrogens with zero attached hydrogens (tertiary/aromatic N) is 6. The summed E-state index contributed by atoms with van der Waals surface area (Å²) in [6.45, 7) is 4.24. The van der Waals surface area contributed by atoms with E-state index in [1.165, 1.54) is 11.3 Å². The van der Waals surface area contributed by atoms with Crippen LogP contribution < -0.4 is 4.90 Å². The third kappa shape index (κ3) is 2.78. The first kappa shape index (κ1) is 15.8. The van der Waals surface area contributed by atoms with E-state index in [0.29, 0.717) is 11.7 Å². The van der Waals surface area contributed by atoms with Gasteiger partial charge in [-0.05, 0) is 24.1 Å². The molecule has 0 bridgehead atoms. The predicted molar refractivity (Wildman–Crippen MR) is 100 cm³/mol. The standard InChI is InChI=1S/C17H19N7S/c1-10(2)13-9-14(19-18-13)15-20-21-17-24(15)22-16(25-17)11-6-5-7-12(8-11)23(3)4/h5-10H,1-4H3,(H,18,19). The summed E-state index contributed by atoms with van der Waals surface area (Å²) in [4.78, 5) is 2.83. The molecular weight excluding hydrogens is 334 g/mol. The average Bonchev–Trinajstić information content (AvgIpc) is 3.29. The van der Waals surface area contributed by atoms with Gasteiger partial charge in [-0.15, -0.1) is 10.2 Å². The Morgan fingerprint density at radius 3 is 2.72 bits per heavy atom. The van der Waals surface area contributed by atoms with Crippen LogP contribution in [0.4, 0.5) is 5.69 Å². The van der Waals surface area contributed by atoms with Crippen LogP contribution in [0.25, 0.3) is 27.1 Å². The molecule has 0 aliphatic rings. The van der Waals surface area contributed by atoms with Crippen LogP contribution >= 0.6 is 11.3 Å². The van der Waals surface area contributed by atoms with Crippen molar-refractivity contribution in [3.63, 3.8) is 0 Å². The number of nitrogens with one attached hydrogen (secondary N) is 1. The maximum atomic E-state index is 4.71. The van der Waals surface area contributed by atoms with E-state index in [1.54, 1.807) is 4.52 Å². The molecule has 0 unspecified atom stereocenters. The van der Waals surface area contributed by atoms with Crippen molar-refractivity contribution < 1.29 is 0 Å². The van der Waals surface area contributed by atoms with Crippen molar-refractivity contribution >= 4 is 22.0 Å². The molecule has 0 saturated heterocycles. The van der Waals surface area contributed by atoms with E-state index < -0.39 is 0 Å². The molecule has 1 N–H and O–H groups in total. The summed E-state index contributed by atoms with van der Waals surface area (Å²) in [6, 6.07) is 10.3. The Kier molecular flexibility index (Phi) is 3.76. The molecule has 7 nitrogen and oxygen atoms in total. The van der Waals surface area contributed by atoms with E-state index >= 15 is 0 Å². The van der Waals surface area contributed by atoms with Crippen LogP contribution in [-0.2, 0) is 0 Å². The molecule has 128 valence electrons. The molecule has 25 heavy (non-hydrogen) atoms. The molecular formula is C17H19N7S. The minimum Gasteiger partial charge on any atom is -0.378 e. The Balaban J connectivity index is 1.76. The monoisotopic (exact) mass is 353 g/mol. The largest absolute Gasteiger partial charge is 0.378 e. The number of rotatable bonds is 4. The number of benzene rings is 1. The molecule has 4 rings (SSSR count). The molecule has 4 aromatic rings. The fourth-order valence-electron chi connectivity index (χ4n) is 2.56. The van der Waals surface area contributed by atoms with Gasteiger partial charge in [-0.2, -0.15) is 14.7 Å². The zero-order chi connectivity index (χ0) is 17.6. The Bertz CT molecular complexity index is 1020. The Labute approximate surface area is 149 Å². The minimum atomic E-state index is 0.379. The van der Waals surface area contributed by atoms with Crippen LogP contribution in [0, 0.1) is 0 Å². The fourth-order valence-corrected chi connectivity index (χ4v) is 3.39. The van der Waals surface area contributed by atoms with Crippen molar-refractivity contribution in [2.45, 2.75) is 19.8 Å². The first-order chi connectivity index (χ1) is 12.0. The lowest BCUT2D eigenvalue weighted by Gasteiger charge is -2.12. The summed E-state index contributed by atoms with van der Waals surface area (Å²) in [6.07, 6.45) is 0. The van der Waals surface area contributed by atoms with Gasteiger partial charge in [0, 0.05) is 31.0 Å². The van der Waals surface area contributed by atoms with Crippen molar-refractivity contribution in [3.8, 4) is 22.1 Å². The molecule has 1 aromatic carbocycles. The van der Waals surface area contributed by atoms with E-state index in [1.807, 2.05) is 26.2 Å². The van der Waals surface area contributed by atoms with E-state index in [-0.39, 0.29) is 0 Å². The second-order valence-electron chi connectivity index (χ2n) is 6.43. The van der Waals surface area contributed by atoms with Crippen LogP contribution in [0.15, 0.2) is 30.3 Å². The van der Waals surface area contributed by atoms with Crippen molar-refractivity contribution in [1.82, 2.24) is 30.0 Å². The maximum absolute atomic E-state index is 4.71. The highest BCUT2D eigenvalue weighted by Gasteiger charge is 2.17. The third-order valence-electron chi connectivity index (χ3n) is 4.05. The number of H-pyrrole nitrogens is 1. The van der Waals surface area contributed by atoms with Gasteiger partial charge in [-0.25, -0.2) is 0 Å². The van der Waals surface area contributed by atoms with Gasteiger partial charge in [0.15, 0.2) is 0 Å². The van der Waals surface area contributed by atoms with Gasteiger partial charge in [0.1, 0.15) is 10.7 Å². The van der Waals surface area contributed by atoms with Gasteiger partial charge in [0.2, 0.25) is 10.8 Å². The number of aromatic nitrogens is 6. The predicted octanol–water partition coefficient (Wildman–Crippen LogP) is 3.43. The lowest BCUT2D eigenvalue weighted by molar-refractivity contribution is 0.810. The quantitative estimate of drug-likeness (QED) is 0.608.